The molecule has 1 fully saturated rings. The van der Waals surface area contributed by atoms with Gasteiger partial charge >= 0.3 is 0 Å². The predicted octanol–water partition coefficient (Wildman–Crippen LogP) is 0.693. The van der Waals surface area contributed by atoms with E-state index in [4.69, 9.17) is 5.73 Å². The van der Waals surface area contributed by atoms with Crippen LogP contribution in [0.1, 0.15) is 34.5 Å². The Morgan fingerprint density at radius 1 is 1.40 bits per heavy atom. The summed E-state index contributed by atoms with van der Waals surface area (Å²) in [5.41, 5.74) is 8.55. The van der Waals surface area contributed by atoms with Crippen molar-refractivity contribution < 1.29 is 4.79 Å². The summed E-state index contributed by atoms with van der Waals surface area (Å²) in [6, 6.07) is 8.08. The van der Waals surface area contributed by atoms with Gasteiger partial charge in [0.2, 0.25) is 0 Å². The van der Waals surface area contributed by atoms with Crippen LogP contribution in [-0.4, -0.2) is 20.9 Å². The molecule has 6 heteroatoms. The quantitative estimate of drug-likeness (QED) is 0.856. The Balaban J connectivity index is 1.59. The monoisotopic (exact) mass is 271 g/mol. The van der Waals surface area contributed by atoms with Crippen LogP contribution in [-0.2, 0) is 19.1 Å². The minimum atomic E-state index is -0.223. The summed E-state index contributed by atoms with van der Waals surface area (Å²) in [5.74, 6) is -0.223. The summed E-state index contributed by atoms with van der Waals surface area (Å²) in [7, 11) is 1.73. The smallest absolute Gasteiger partial charge is 0.273 e. The van der Waals surface area contributed by atoms with Crippen molar-refractivity contribution in [1.82, 2.24) is 20.3 Å². The number of hydrogen-bond donors (Lipinski definition) is 2. The van der Waals surface area contributed by atoms with E-state index in [1.807, 2.05) is 24.3 Å². The maximum absolute atomic E-state index is 11.8. The van der Waals surface area contributed by atoms with Crippen LogP contribution in [0.4, 0.5) is 0 Å². The van der Waals surface area contributed by atoms with Crippen LogP contribution in [0.15, 0.2) is 30.5 Å². The predicted molar refractivity (Wildman–Crippen MR) is 73.7 cm³/mol. The molecule has 2 aromatic rings. The molecule has 0 unspecified atom stereocenters. The van der Waals surface area contributed by atoms with Gasteiger partial charge in [0.15, 0.2) is 5.69 Å². The second kappa shape index (κ2) is 4.72. The molecule has 0 bridgehead atoms. The molecule has 3 rings (SSSR count). The third-order valence-corrected chi connectivity index (χ3v) is 3.61. The van der Waals surface area contributed by atoms with Crippen LogP contribution >= 0.6 is 0 Å². The van der Waals surface area contributed by atoms with Crippen LogP contribution in [0, 0.1) is 0 Å². The van der Waals surface area contributed by atoms with Gasteiger partial charge in [0.1, 0.15) is 0 Å². The molecule has 1 aromatic heterocycles. The first-order valence-electron chi connectivity index (χ1n) is 6.60. The van der Waals surface area contributed by atoms with E-state index in [0.29, 0.717) is 12.2 Å². The fraction of sp³-hybridized carbons (Fsp3) is 0.357. The molecule has 6 nitrogen and oxygen atoms in total. The van der Waals surface area contributed by atoms with Gasteiger partial charge in [-0.2, -0.15) is 0 Å². The molecular weight excluding hydrogens is 254 g/mol. The zero-order valence-electron chi connectivity index (χ0n) is 11.3. The van der Waals surface area contributed by atoms with Gasteiger partial charge in [-0.1, -0.05) is 29.5 Å². The van der Waals surface area contributed by atoms with Crippen molar-refractivity contribution in [2.75, 3.05) is 0 Å². The highest BCUT2D eigenvalue weighted by atomic mass is 16.2. The first-order chi connectivity index (χ1) is 9.57. The molecule has 1 amide bonds. The van der Waals surface area contributed by atoms with E-state index in [1.165, 1.54) is 10.2 Å². The van der Waals surface area contributed by atoms with Crippen LogP contribution < -0.4 is 11.1 Å². The lowest BCUT2D eigenvalue weighted by atomic mass is 10.0. The molecule has 1 aliphatic rings. The normalized spacial score (nSPS) is 15.9. The number of carbonyl (C=O) groups is 1. The van der Waals surface area contributed by atoms with Gasteiger partial charge < -0.3 is 11.1 Å². The highest BCUT2D eigenvalue weighted by molar-refractivity contribution is 5.91. The molecule has 1 aromatic carbocycles. The lowest BCUT2D eigenvalue weighted by Gasteiger charge is -2.10. The van der Waals surface area contributed by atoms with Gasteiger partial charge in [-0.25, -0.2) is 0 Å². The standard InChI is InChI=1S/C14H17N5O/c1-19-9-12(17-18-19)13(20)16-8-10-2-4-11(5-3-10)14(15)6-7-14/h2-5,9H,6-8,15H2,1H3,(H,16,20). The van der Waals surface area contributed by atoms with Gasteiger partial charge in [0, 0.05) is 19.1 Å². The fourth-order valence-electron chi connectivity index (χ4n) is 2.10. The van der Waals surface area contributed by atoms with E-state index in [1.54, 1.807) is 13.2 Å². The minimum absolute atomic E-state index is 0.110. The summed E-state index contributed by atoms with van der Waals surface area (Å²) in [6.45, 7) is 0.466. The summed E-state index contributed by atoms with van der Waals surface area (Å²) >= 11 is 0. The molecular formula is C14H17N5O. The van der Waals surface area contributed by atoms with Crippen molar-refractivity contribution in [1.29, 1.82) is 0 Å². The second-order valence-corrected chi connectivity index (χ2v) is 5.31. The van der Waals surface area contributed by atoms with Crippen molar-refractivity contribution in [3.63, 3.8) is 0 Å². The third kappa shape index (κ3) is 2.55. The topological polar surface area (TPSA) is 85.8 Å². The van der Waals surface area contributed by atoms with Crippen LogP contribution in [0.5, 0.6) is 0 Å². The van der Waals surface area contributed by atoms with Gasteiger partial charge in [0.25, 0.3) is 5.91 Å². The number of carbonyl (C=O) groups excluding carboxylic acids is 1. The van der Waals surface area contributed by atoms with Crippen molar-refractivity contribution in [2.45, 2.75) is 24.9 Å². The summed E-state index contributed by atoms with van der Waals surface area (Å²) in [6.07, 6.45) is 3.69. The highest BCUT2D eigenvalue weighted by Crippen LogP contribution is 2.42. The summed E-state index contributed by atoms with van der Waals surface area (Å²) < 4.78 is 1.50. The Labute approximate surface area is 117 Å². The maximum atomic E-state index is 11.8. The number of hydrogen-bond acceptors (Lipinski definition) is 4. The molecule has 0 saturated heterocycles. The molecule has 1 aliphatic carbocycles. The van der Waals surface area contributed by atoms with Gasteiger partial charge in [-0.15, -0.1) is 5.10 Å². The molecule has 104 valence electrons. The van der Waals surface area contributed by atoms with E-state index < -0.39 is 0 Å². The molecule has 0 atom stereocenters. The number of rotatable bonds is 4. The number of benzene rings is 1. The first-order valence-corrected chi connectivity index (χ1v) is 6.60. The van der Waals surface area contributed by atoms with E-state index in [-0.39, 0.29) is 11.4 Å². The van der Waals surface area contributed by atoms with E-state index in [0.717, 1.165) is 18.4 Å². The second-order valence-electron chi connectivity index (χ2n) is 5.31. The Hall–Kier alpha value is -2.21. The van der Waals surface area contributed by atoms with Crippen molar-refractivity contribution in [2.24, 2.45) is 12.8 Å². The van der Waals surface area contributed by atoms with Crippen molar-refractivity contribution in [3.8, 4) is 0 Å². The Morgan fingerprint density at radius 2 is 2.10 bits per heavy atom. The zero-order chi connectivity index (χ0) is 14.2. The molecule has 1 saturated carbocycles. The van der Waals surface area contributed by atoms with E-state index >= 15 is 0 Å². The van der Waals surface area contributed by atoms with E-state index in [9.17, 15) is 4.79 Å². The molecule has 0 radical (unpaired) electrons. The van der Waals surface area contributed by atoms with Gasteiger partial charge in [-0.3, -0.25) is 9.48 Å². The molecule has 20 heavy (non-hydrogen) atoms. The first kappa shape index (κ1) is 12.8. The van der Waals surface area contributed by atoms with Crippen LogP contribution in [0.25, 0.3) is 0 Å². The Bertz CT molecular complexity index is 627. The lowest BCUT2D eigenvalue weighted by molar-refractivity contribution is 0.0946. The molecule has 3 N–H and O–H groups in total. The SMILES string of the molecule is Cn1cc(C(=O)NCc2ccc(C3(N)CC3)cc2)nn1. The average Bonchev–Trinajstić information content (AvgIpc) is 3.05. The number of nitrogens with two attached hydrogens (primary N) is 1. The summed E-state index contributed by atoms with van der Waals surface area (Å²) in [4.78, 5) is 11.8. The van der Waals surface area contributed by atoms with E-state index in [2.05, 4.69) is 15.6 Å². The zero-order valence-corrected chi connectivity index (χ0v) is 11.3. The van der Waals surface area contributed by atoms with Crippen LogP contribution in [0.2, 0.25) is 0 Å². The number of nitrogens with zero attached hydrogens (tertiary/aromatic N) is 3. The molecule has 0 aliphatic heterocycles. The largest absolute Gasteiger partial charge is 0.347 e. The van der Waals surface area contributed by atoms with Gasteiger partial charge in [-0.05, 0) is 24.0 Å². The van der Waals surface area contributed by atoms with Gasteiger partial charge in [0.05, 0.1) is 6.20 Å². The number of nitrogens with one attached hydrogen (secondary N) is 1. The summed E-state index contributed by atoms with van der Waals surface area (Å²) in [5, 5.41) is 10.3. The van der Waals surface area contributed by atoms with Crippen molar-refractivity contribution in [3.05, 3.63) is 47.3 Å². The Kier molecular flexibility index (Phi) is 3.02. The number of aromatic nitrogens is 3. The number of amides is 1. The van der Waals surface area contributed by atoms with Crippen molar-refractivity contribution >= 4 is 5.91 Å². The third-order valence-electron chi connectivity index (χ3n) is 3.61. The molecule has 1 heterocycles. The minimum Gasteiger partial charge on any atom is -0.347 e. The highest BCUT2D eigenvalue weighted by Gasteiger charge is 2.39. The average molecular weight is 271 g/mol. The lowest BCUT2D eigenvalue weighted by Crippen LogP contribution is -2.23. The maximum Gasteiger partial charge on any atom is 0.273 e. The van der Waals surface area contributed by atoms with Crippen LogP contribution in [0.3, 0.4) is 0 Å². The fourth-order valence-corrected chi connectivity index (χ4v) is 2.10. The Morgan fingerprint density at radius 3 is 2.65 bits per heavy atom. The molecule has 0 spiro atoms. The number of aryl methyl sites for hydroxylation is 1.